The van der Waals surface area contributed by atoms with Gasteiger partial charge in [-0.25, -0.2) is 0 Å². The molecule has 1 unspecified atom stereocenters. The SMILES string of the molecule is CCCOP(O)(=S)SCCC.[Mo]. The topological polar surface area (TPSA) is 29.5 Å². The quantitative estimate of drug-likeness (QED) is 0.603. The Labute approximate surface area is 98.0 Å². The molecule has 0 aromatic carbocycles. The first kappa shape index (κ1) is 16.1. The smallest absolute Gasteiger partial charge is 0.244 e. The summed E-state index contributed by atoms with van der Waals surface area (Å²) >= 11 is 6.26. The molecule has 0 radical (unpaired) electrons. The van der Waals surface area contributed by atoms with E-state index in [1.165, 1.54) is 11.4 Å². The molecule has 74 valence electrons. The van der Waals surface area contributed by atoms with Crippen LogP contribution < -0.4 is 0 Å². The molecule has 0 heterocycles. The van der Waals surface area contributed by atoms with Crippen LogP contribution in [0.1, 0.15) is 26.7 Å². The van der Waals surface area contributed by atoms with E-state index < -0.39 is 5.69 Å². The van der Waals surface area contributed by atoms with E-state index in [1.54, 1.807) is 0 Å². The monoisotopic (exact) mass is 312 g/mol. The molecule has 0 aliphatic carbocycles. The Hall–Kier alpha value is 1.61. The van der Waals surface area contributed by atoms with E-state index in [9.17, 15) is 4.89 Å². The fourth-order valence-electron chi connectivity index (χ4n) is 0.451. The van der Waals surface area contributed by atoms with Crippen molar-refractivity contribution in [2.75, 3.05) is 12.4 Å². The first-order valence-electron chi connectivity index (χ1n) is 3.74. The Kier molecular flexibility index (Phi) is 12.3. The average molecular weight is 310 g/mol. The van der Waals surface area contributed by atoms with Crippen LogP contribution in [0.5, 0.6) is 0 Å². The Morgan fingerprint density at radius 3 is 2.42 bits per heavy atom. The summed E-state index contributed by atoms with van der Waals surface area (Å²) in [7, 11) is 0. The van der Waals surface area contributed by atoms with Crippen LogP contribution in [0, 0.1) is 0 Å². The molecular formula is C6H15MoO2PS2. The van der Waals surface area contributed by atoms with Gasteiger partial charge in [0.25, 0.3) is 0 Å². The fourth-order valence-corrected chi connectivity index (χ4v) is 3.93. The first-order valence-corrected chi connectivity index (χ1v) is 8.00. The predicted molar refractivity (Wildman–Crippen MR) is 55.5 cm³/mol. The molecule has 0 saturated carbocycles. The minimum atomic E-state index is -2.48. The largest absolute Gasteiger partial charge is 0.337 e. The van der Waals surface area contributed by atoms with Crippen LogP contribution in [0.15, 0.2) is 0 Å². The van der Waals surface area contributed by atoms with Crippen LogP contribution in [0.2, 0.25) is 0 Å². The number of hydrogen-bond donors (Lipinski definition) is 1. The second kappa shape index (κ2) is 9.17. The molecule has 0 aliphatic heterocycles. The Morgan fingerprint density at radius 1 is 1.42 bits per heavy atom. The van der Waals surface area contributed by atoms with Gasteiger partial charge in [0.05, 0.1) is 6.61 Å². The molecule has 0 aromatic rings. The standard InChI is InChI=1S/C6H15O2PS2.Mo/c1-3-5-8-9(7,10)11-6-4-2;/h3-6H2,1-2H3,(H,7,10);. The molecule has 0 aliphatic rings. The van der Waals surface area contributed by atoms with Crippen LogP contribution in [-0.2, 0) is 37.4 Å². The van der Waals surface area contributed by atoms with Crippen molar-refractivity contribution in [3.63, 3.8) is 0 Å². The summed E-state index contributed by atoms with van der Waals surface area (Å²) in [5.74, 6) is 0.886. The van der Waals surface area contributed by atoms with Gasteiger partial charge in [-0.2, -0.15) is 0 Å². The van der Waals surface area contributed by atoms with E-state index in [2.05, 4.69) is 6.92 Å². The second-order valence-electron chi connectivity index (χ2n) is 2.14. The van der Waals surface area contributed by atoms with E-state index in [0.29, 0.717) is 6.61 Å². The van der Waals surface area contributed by atoms with Crippen LogP contribution in [0.4, 0.5) is 0 Å². The first-order chi connectivity index (χ1) is 5.12. The molecule has 0 rings (SSSR count). The third kappa shape index (κ3) is 9.69. The van der Waals surface area contributed by atoms with Crippen molar-refractivity contribution in [2.24, 2.45) is 0 Å². The minimum Gasteiger partial charge on any atom is -0.337 e. The summed E-state index contributed by atoms with van der Waals surface area (Å²) in [6, 6.07) is 0. The fraction of sp³-hybridized carbons (Fsp3) is 1.00. The van der Waals surface area contributed by atoms with Gasteiger partial charge in [0.1, 0.15) is 0 Å². The Balaban J connectivity index is 0. The van der Waals surface area contributed by atoms with Gasteiger partial charge < -0.3 is 9.42 Å². The van der Waals surface area contributed by atoms with Gasteiger partial charge in [-0.15, -0.1) is 0 Å². The average Bonchev–Trinajstić information content (AvgIpc) is 1.97. The molecule has 6 heteroatoms. The third-order valence-electron chi connectivity index (χ3n) is 0.917. The van der Waals surface area contributed by atoms with Crippen molar-refractivity contribution in [1.82, 2.24) is 0 Å². The van der Waals surface area contributed by atoms with Gasteiger partial charge in [0.2, 0.25) is 5.69 Å². The van der Waals surface area contributed by atoms with Crippen LogP contribution in [0.3, 0.4) is 0 Å². The van der Waals surface area contributed by atoms with Gasteiger partial charge in [-0.1, -0.05) is 25.2 Å². The second-order valence-corrected chi connectivity index (χ2v) is 8.43. The molecule has 0 bridgehead atoms. The van der Waals surface area contributed by atoms with Crippen molar-refractivity contribution >= 4 is 28.9 Å². The van der Waals surface area contributed by atoms with Gasteiger partial charge in [-0.3, -0.25) is 0 Å². The van der Waals surface area contributed by atoms with Crippen LogP contribution in [0.25, 0.3) is 0 Å². The molecule has 0 aromatic heterocycles. The zero-order chi connectivity index (χ0) is 8.74. The Morgan fingerprint density at radius 2 is 2.00 bits per heavy atom. The van der Waals surface area contributed by atoms with E-state index in [1.807, 2.05) is 6.92 Å². The molecule has 1 atom stereocenters. The molecule has 0 amide bonds. The predicted octanol–water partition coefficient (Wildman–Crippen LogP) is 2.77. The normalized spacial score (nSPS) is 14.9. The number of hydrogen-bond acceptors (Lipinski definition) is 3. The van der Waals surface area contributed by atoms with Gasteiger partial charge in [0.15, 0.2) is 0 Å². The Bertz CT molecular complexity index is 134. The summed E-state index contributed by atoms with van der Waals surface area (Å²) < 4.78 is 5.13. The van der Waals surface area contributed by atoms with Crippen molar-refractivity contribution in [3.8, 4) is 0 Å². The van der Waals surface area contributed by atoms with Crippen molar-refractivity contribution in [1.29, 1.82) is 0 Å². The van der Waals surface area contributed by atoms with Crippen molar-refractivity contribution in [2.45, 2.75) is 26.7 Å². The van der Waals surface area contributed by atoms with Crippen LogP contribution in [-0.4, -0.2) is 17.3 Å². The van der Waals surface area contributed by atoms with Gasteiger partial charge in [0, 0.05) is 26.8 Å². The molecule has 2 nitrogen and oxygen atoms in total. The van der Waals surface area contributed by atoms with Crippen LogP contribution >= 0.6 is 17.1 Å². The minimum absolute atomic E-state index is 0. The molecule has 1 N–H and O–H groups in total. The summed E-state index contributed by atoms with van der Waals surface area (Å²) in [6.45, 7) is 4.63. The maximum Gasteiger partial charge on any atom is 0.244 e. The van der Waals surface area contributed by atoms with Gasteiger partial charge >= 0.3 is 0 Å². The molecule has 0 saturated heterocycles. The molecular weight excluding hydrogens is 295 g/mol. The van der Waals surface area contributed by atoms with E-state index in [4.69, 9.17) is 16.3 Å². The van der Waals surface area contributed by atoms with Crippen molar-refractivity contribution < 1.29 is 30.5 Å². The summed E-state index contributed by atoms with van der Waals surface area (Å²) in [5.41, 5.74) is -2.48. The zero-order valence-corrected chi connectivity index (χ0v) is 11.9. The maximum atomic E-state index is 9.44. The zero-order valence-electron chi connectivity index (χ0n) is 7.36. The molecule has 0 spiro atoms. The summed E-state index contributed by atoms with van der Waals surface area (Å²) in [5, 5.41) is 0. The van der Waals surface area contributed by atoms with E-state index in [-0.39, 0.29) is 21.1 Å². The summed E-state index contributed by atoms with van der Waals surface area (Å²) in [4.78, 5) is 9.44. The molecule has 0 fully saturated rings. The summed E-state index contributed by atoms with van der Waals surface area (Å²) in [6.07, 6.45) is 1.94. The number of rotatable bonds is 6. The third-order valence-corrected chi connectivity index (χ3v) is 5.45. The molecule has 12 heavy (non-hydrogen) atoms. The van der Waals surface area contributed by atoms with E-state index >= 15 is 0 Å². The van der Waals surface area contributed by atoms with Crippen molar-refractivity contribution in [3.05, 3.63) is 0 Å². The van der Waals surface area contributed by atoms with E-state index in [0.717, 1.165) is 18.6 Å². The van der Waals surface area contributed by atoms with Gasteiger partial charge in [-0.05, 0) is 24.6 Å². The maximum absolute atomic E-state index is 9.44.